The SMILES string of the molecule is Cc1ccc(C(=O)N2CCN(S(=O)(=O)c3cccc([N+](=O)[O-])c3)CC2)cc1F. The molecule has 28 heavy (non-hydrogen) atoms. The molecule has 0 bridgehead atoms. The van der Waals surface area contributed by atoms with Crippen LogP contribution in [-0.4, -0.2) is 54.6 Å². The number of carbonyl (C=O) groups excluding carboxylic acids is 1. The van der Waals surface area contributed by atoms with E-state index in [4.69, 9.17) is 0 Å². The highest BCUT2D eigenvalue weighted by Crippen LogP contribution is 2.22. The maximum atomic E-state index is 13.7. The molecule has 0 atom stereocenters. The monoisotopic (exact) mass is 407 g/mol. The Hall–Kier alpha value is -2.85. The van der Waals surface area contributed by atoms with E-state index in [1.165, 1.54) is 45.6 Å². The van der Waals surface area contributed by atoms with Gasteiger partial charge in [-0.05, 0) is 30.7 Å². The van der Waals surface area contributed by atoms with Crippen LogP contribution in [0.5, 0.6) is 0 Å². The molecule has 0 radical (unpaired) electrons. The van der Waals surface area contributed by atoms with Gasteiger partial charge in [-0.15, -0.1) is 0 Å². The number of nitro benzene ring substituents is 1. The van der Waals surface area contributed by atoms with Crippen LogP contribution in [0.4, 0.5) is 10.1 Å². The summed E-state index contributed by atoms with van der Waals surface area (Å²) < 4.78 is 40.4. The summed E-state index contributed by atoms with van der Waals surface area (Å²) in [6.45, 7) is 1.97. The number of hydrogen-bond donors (Lipinski definition) is 0. The number of aryl methyl sites for hydroxylation is 1. The number of sulfonamides is 1. The number of rotatable bonds is 4. The first-order valence-corrected chi connectivity index (χ1v) is 9.94. The number of non-ortho nitro benzene ring substituents is 1. The van der Waals surface area contributed by atoms with Crippen LogP contribution in [0.3, 0.4) is 0 Å². The van der Waals surface area contributed by atoms with Crippen molar-refractivity contribution in [2.24, 2.45) is 0 Å². The minimum absolute atomic E-state index is 0.0467. The van der Waals surface area contributed by atoms with E-state index in [1.807, 2.05) is 0 Å². The summed E-state index contributed by atoms with van der Waals surface area (Å²) in [6.07, 6.45) is 0. The standard InChI is InChI=1S/C18H18FN3O5S/c1-13-5-6-14(11-17(13)19)18(23)20-7-9-21(10-8-20)28(26,27)16-4-2-3-15(12-16)22(24)25/h2-6,11-12H,7-10H2,1H3. The fraction of sp³-hybridized carbons (Fsp3) is 0.278. The lowest BCUT2D eigenvalue weighted by Crippen LogP contribution is -2.50. The van der Waals surface area contributed by atoms with Crippen LogP contribution in [0.2, 0.25) is 0 Å². The molecule has 1 fully saturated rings. The first kappa shape index (κ1) is 19.9. The molecule has 0 saturated carbocycles. The Morgan fingerprint density at radius 2 is 1.79 bits per heavy atom. The average Bonchev–Trinajstić information content (AvgIpc) is 2.69. The molecule has 0 N–H and O–H groups in total. The lowest BCUT2D eigenvalue weighted by molar-refractivity contribution is -0.385. The number of carbonyl (C=O) groups is 1. The fourth-order valence-electron chi connectivity index (χ4n) is 2.95. The van der Waals surface area contributed by atoms with Crippen molar-refractivity contribution in [3.63, 3.8) is 0 Å². The summed E-state index contributed by atoms with van der Waals surface area (Å²) >= 11 is 0. The van der Waals surface area contributed by atoms with Crippen LogP contribution in [0, 0.1) is 22.9 Å². The molecule has 2 aromatic carbocycles. The Kier molecular flexibility index (Phi) is 5.43. The van der Waals surface area contributed by atoms with Gasteiger partial charge in [-0.2, -0.15) is 4.31 Å². The third-order valence-corrected chi connectivity index (χ3v) is 6.51. The molecule has 1 amide bonds. The first-order valence-electron chi connectivity index (χ1n) is 8.50. The molecule has 2 aromatic rings. The van der Waals surface area contributed by atoms with E-state index >= 15 is 0 Å². The highest BCUT2D eigenvalue weighted by Gasteiger charge is 2.31. The van der Waals surface area contributed by atoms with Gasteiger partial charge < -0.3 is 4.90 Å². The van der Waals surface area contributed by atoms with Crippen molar-refractivity contribution in [1.82, 2.24) is 9.21 Å². The van der Waals surface area contributed by atoms with Gasteiger partial charge in [0.05, 0.1) is 9.82 Å². The van der Waals surface area contributed by atoms with Gasteiger partial charge in [0, 0.05) is 43.9 Å². The van der Waals surface area contributed by atoms with E-state index in [2.05, 4.69) is 0 Å². The third-order valence-electron chi connectivity index (χ3n) is 4.61. The lowest BCUT2D eigenvalue weighted by atomic mass is 10.1. The van der Waals surface area contributed by atoms with E-state index in [0.29, 0.717) is 5.56 Å². The Morgan fingerprint density at radius 1 is 1.11 bits per heavy atom. The second-order valence-electron chi connectivity index (χ2n) is 6.41. The molecule has 1 aliphatic heterocycles. The van der Waals surface area contributed by atoms with Crippen molar-refractivity contribution in [3.8, 4) is 0 Å². The van der Waals surface area contributed by atoms with Crippen molar-refractivity contribution < 1.29 is 22.5 Å². The Balaban J connectivity index is 1.72. The quantitative estimate of drug-likeness (QED) is 0.571. The molecule has 3 rings (SSSR count). The van der Waals surface area contributed by atoms with E-state index < -0.39 is 20.8 Å². The average molecular weight is 407 g/mol. The fourth-order valence-corrected chi connectivity index (χ4v) is 4.41. The van der Waals surface area contributed by atoms with E-state index in [9.17, 15) is 27.7 Å². The number of hydrogen-bond acceptors (Lipinski definition) is 5. The smallest absolute Gasteiger partial charge is 0.270 e. The number of amides is 1. The molecular weight excluding hydrogens is 389 g/mol. The summed E-state index contributed by atoms with van der Waals surface area (Å²) in [5.41, 5.74) is 0.332. The van der Waals surface area contributed by atoms with E-state index in [-0.39, 0.29) is 48.2 Å². The number of piperazine rings is 1. The van der Waals surface area contributed by atoms with Gasteiger partial charge >= 0.3 is 0 Å². The molecule has 0 unspecified atom stereocenters. The van der Waals surface area contributed by atoms with Gasteiger partial charge in [-0.1, -0.05) is 12.1 Å². The van der Waals surface area contributed by atoms with Gasteiger partial charge in [0.2, 0.25) is 10.0 Å². The molecule has 8 nitrogen and oxygen atoms in total. The van der Waals surface area contributed by atoms with Crippen LogP contribution in [0.1, 0.15) is 15.9 Å². The molecule has 0 spiro atoms. The lowest BCUT2D eigenvalue weighted by Gasteiger charge is -2.34. The number of benzene rings is 2. The third kappa shape index (κ3) is 3.87. The zero-order valence-corrected chi connectivity index (χ0v) is 15.9. The molecule has 1 heterocycles. The number of halogens is 1. The second kappa shape index (κ2) is 7.64. The Morgan fingerprint density at radius 3 is 2.39 bits per heavy atom. The normalized spacial score (nSPS) is 15.4. The molecule has 1 saturated heterocycles. The van der Waals surface area contributed by atoms with E-state index in [0.717, 1.165) is 6.07 Å². The number of nitro groups is 1. The summed E-state index contributed by atoms with van der Waals surface area (Å²) in [4.78, 5) is 24.0. The Labute approximate surface area is 161 Å². The van der Waals surface area contributed by atoms with Crippen molar-refractivity contribution in [3.05, 3.63) is 69.5 Å². The summed E-state index contributed by atoms with van der Waals surface area (Å²) in [5, 5.41) is 10.9. The van der Waals surface area contributed by atoms with Crippen LogP contribution in [-0.2, 0) is 10.0 Å². The molecular formula is C18H18FN3O5S. The Bertz CT molecular complexity index is 1030. The highest BCUT2D eigenvalue weighted by atomic mass is 32.2. The largest absolute Gasteiger partial charge is 0.336 e. The molecule has 148 valence electrons. The predicted molar refractivity (Wildman–Crippen MR) is 98.9 cm³/mol. The van der Waals surface area contributed by atoms with Gasteiger partial charge in [0.1, 0.15) is 5.82 Å². The summed E-state index contributed by atoms with van der Waals surface area (Å²) in [5.74, 6) is -0.843. The molecule has 1 aliphatic rings. The minimum atomic E-state index is -3.91. The topological polar surface area (TPSA) is 101 Å². The summed E-state index contributed by atoms with van der Waals surface area (Å²) in [6, 6.07) is 9.08. The van der Waals surface area contributed by atoms with Crippen molar-refractivity contribution in [2.45, 2.75) is 11.8 Å². The zero-order valence-electron chi connectivity index (χ0n) is 15.0. The molecule has 0 aromatic heterocycles. The van der Waals surface area contributed by atoms with E-state index in [1.54, 1.807) is 6.92 Å². The van der Waals surface area contributed by atoms with Crippen LogP contribution >= 0.6 is 0 Å². The maximum Gasteiger partial charge on any atom is 0.270 e. The van der Waals surface area contributed by atoms with Crippen molar-refractivity contribution in [1.29, 1.82) is 0 Å². The summed E-state index contributed by atoms with van der Waals surface area (Å²) in [7, 11) is -3.91. The van der Waals surface area contributed by atoms with Gasteiger partial charge in [0.25, 0.3) is 11.6 Å². The van der Waals surface area contributed by atoms with Crippen molar-refractivity contribution in [2.75, 3.05) is 26.2 Å². The second-order valence-corrected chi connectivity index (χ2v) is 8.35. The highest BCUT2D eigenvalue weighted by molar-refractivity contribution is 7.89. The van der Waals surface area contributed by atoms with Crippen LogP contribution in [0.15, 0.2) is 47.4 Å². The first-order chi connectivity index (χ1) is 13.2. The van der Waals surface area contributed by atoms with Crippen LogP contribution in [0.25, 0.3) is 0 Å². The van der Waals surface area contributed by atoms with Crippen molar-refractivity contribution >= 4 is 21.6 Å². The van der Waals surface area contributed by atoms with Gasteiger partial charge in [-0.25, -0.2) is 12.8 Å². The molecule has 10 heteroatoms. The zero-order chi connectivity index (χ0) is 20.5. The van der Waals surface area contributed by atoms with Gasteiger partial charge in [0.15, 0.2) is 0 Å². The predicted octanol–water partition coefficient (Wildman–Crippen LogP) is 2.19. The van der Waals surface area contributed by atoms with Gasteiger partial charge in [-0.3, -0.25) is 14.9 Å². The minimum Gasteiger partial charge on any atom is -0.336 e. The maximum absolute atomic E-state index is 13.7. The molecule has 0 aliphatic carbocycles. The number of nitrogens with zero attached hydrogens (tertiary/aromatic N) is 3. The van der Waals surface area contributed by atoms with Crippen LogP contribution < -0.4 is 0 Å².